The number of ether oxygens (including phenoxy) is 2. The molecule has 0 aromatic heterocycles. The molecule has 2 N–H and O–H groups in total. The highest BCUT2D eigenvalue weighted by Gasteiger charge is 2.09. The van der Waals surface area contributed by atoms with Crippen LogP contribution in [0.5, 0.6) is 0 Å². The maximum absolute atomic E-state index is 6.02. The van der Waals surface area contributed by atoms with Crippen molar-refractivity contribution in [2.45, 2.75) is 33.0 Å². The molecule has 0 aliphatic heterocycles. The fourth-order valence-corrected chi connectivity index (χ4v) is 1.51. The Morgan fingerprint density at radius 3 is 2.53 bits per heavy atom. The van der Waals surface area contributed by atoms with Gasteiger partial charge in [-0.05, 0) is 38.5 Å². The maximum Gasteiger partial charge on any atom is 0.0732 e. The van der Waals surface area contributed by atoms with Crippen molar-refractivity contribution in [1.82, 2.24) is 0 Å². The average molecular weight is 258 g/mol. The van der Waals surface area contributed by atoms with Gasteiger partial charge in [0.15, 0.2) is 0 Å². The molecule has 96 valence electrons. The predicted molar refractivity (Wildman–Crippen MR) is 71.2 cm³/mol. The number of halogens is 1. The molecule has 17 heavy (non-hydrogen) atoms. The van der Waals surface area contributed by atoms with Gasteiger partial charge in [-0.25, -0.2) is 0 Å². The third kappa shape index (κ3) is 5.91. The minimum atomic E-state index is -0.123. The zero-order chi connectivity index (χ0) is 12.9. The van der Waals surface area contributed by atoms with E-state index >= 15 is 0 Å². The molecule has 0 aliphatic carbocycles. The van der Waals surface area contributed by atoms with Gasteiger partial charge in [0.05, 0.1) is 25.4 Å². The Kier molecular flexibility index (Phi) is 5.25. The van der Waals surface area contributed by atoms with E-state index in [2.05, 4.69) is 0 Å². The minimum Gasteiger partial charge on any atom is -0.399 e. The van der Waals surface area contributed by atoms with E-state index in [0.717, 1.165) is 5.56 Å². The van der Waals surface area contributed by atoms with Crippen molar-refractivity contribution in [3.63, 3.8) is 0 Å². The summed E-state index contributed by atoms with van der Waals surface area (Å²) in [6.45, 7) is 7.66. The molecular formula is C13H20ClNO2. The fraction of sp³-hybridized carbons (Fsp3) is 0.538. The lowest BCUT2D eigenvalue weighted by atomic mass is 10.2. The molecule has 0 aliphatic rings. The van der Waals surface area contributed by atoms with Crippen molar-refractivity contribution in [3.8, 4) is 0 Å². The van der Waals surface area contributed by atoms with Crippen molar-refractivity contribution in [2.75, 3.05) is 18.9 Å². The van der Waals surface area contributed by atoms with E-state index < -0.39 is 0 Å². The van der Waals surface area contributed by atoms with Gasteiger partial charge in [-0.3, -0.25) is 0 Å². The van der Waals surface area contributed by atoms with Crippen LogP contribution in [0, 0.1) is 0 Å². The van der Waals surface area contributed by atoms with E-state index in [4.69, 9.17) is 26.8 Å². The number of nitrogens with two attached hydrogens (primary N) is 1. The lowest BCUT2D eigenvalue weighted by molar-refractivity contribution is -0.0376. The summed E-state index contributed by atoms with van der Waals surface area (Å²) in [5.41, 5.74) is 7.09. The van der Waals surface area contributed by atoms with E-state index in [1.165, 1.54) is 0 Å². The minimum absolute atomic E-state index is 0.123. The molecule has 1 aromatic rings. The highest BCUT2D eigenvalue weighted by molar-refractivity contribution is 6.31. The van der Waals surface area contributed by atoms with Crippen LogP contribution in [-0.4, -0.2) is 18.8 Å². The molecule has 0 spiro atoms. The molecule has 0 saturated heterocycles. The van der Waals surface area contributed by atoms with Crippen LogP contribution in [0.15, 0.2) is 18.2 Å². The molecule has 1 rings (SSSR count). The van der Waals surface area contributed by atoms with Crippen LogP contribution in [0.2, 0.25) is 5.02 Å². The quantitative estimate of drug-likeness (QED) is 0.651. The number of hydrogen-bond donors (Lipinski definition) is 1. The van der Waals surface area contributed by atoms with Gasteiger partial charge in [0.1, 0.15) is 0 Å². The maximum atomic E-state index is 6.02. The van der Waals surface area contributed by atoms with E-state index in [0.29, 0.717) is 30.5 Å². The summed E-state index contributed by atoms with van der Waals surface area (Å²) in [5, 5.41) is 0.640. The van der Waals surface area contributed by atoms with Crippen LogP contribution in [-0.2, 0) is 16.1 Å². The Labute approximate surface area is 108 Å². The zero-order valence-electron chi connectivity index (χ0n) is 10.6. The second kappa shape index (κ2) is 6.24. The Bertz CT molecular complexity index is 361. The van der Waals surface area contributed by atoms with Crippen molar-refractivity contribution >= 4 is 17.3 Å². The molecule has 0 unspecified atom stereocenters. The molecule has 0 amide bonds. The van der Waals surface area contributed by atoms with Crippen molar-refractivity contribution in [1.29, 1.82) is 0 Å². The number of anilines is 1. The SMILES string of the molecule is CC(C)(C)OCCOCc1ccc(N)cc1Cl. The van der Waals surface area contributed by atoms with Gasteiger partial charge in [0, 0.05) is 10.7 Å². The normalized spacial score (nSPS) is 11.8. The monoisotopic (exact) mass is 257 g/mol. The lowest BCUT2D eigenvalue weighted by Gasteiger charge is -2.19. The number of benzene rings is 1. The van der Waals surface area contributed by atoms with E-state index in [-0.39, 0.29) is 5.60 Å². The van der Waals surface area contributed by atoms with E-state index in [9.17, 15) is 0 Å². The lowest BCUT2D eigenvalue weighted by Crippen LogP contribution is -2.21. The molecule has 1 aromatic carbocycles. The molecule has 0 radical (unpaired) electrons. The number of nitrogen functional groups attached to an aromatic ring is 1. The van der Waals surface area contributed by atoms with E-state index in [1.54, 1.807) is 6.07 Å². The highest BCUT2D eigenvalue weighted by Crippen LogP contribution is 2.19. The Hall–Kier alpha value is -0.770. The van der Waals surface area contributed by atoms with Gasteiger partial charge in [0.25, 0.3) is 0 Å². The summed E-state index contributed by atoms with van der Waals surface area (Å²) >= 11 is 6.02. The van der Waals surface area contributed by atoms with Gasteiger partial charge in [-0.15, -0.1) is 0 Å². The van der Waals surface area contributed by atoms with Gasteiger partial charge < -0.3 is 15.2 Å². The van der Waals surface area contributed by atoms with Gasteiger partial charge >= 0.3 is 0 Å². The summed E-state index contributed by atoms with van der Waals surface area (Å²) in [6, 6.07) is 5.42. The summed E-state index contributed by atoms with van der Waals surface area (Å²) in [7, 11) is 0. The average Bonchev–Trinajstić information content (AvgIpc) is 2.18. The topological polar surface area (TPSA) is 44.5 Å². The third-order valence-corrected chi connectivity index (χ3v) is 2.45. The first-order chi connectivity index (χ1) is 7.88. The first-order valence-corrected chi connectivity index (χ1v) is 6.02. The molecule has 0 heterocycles. The number of hydrogen-bond acceptors (Lipinski definition) is 3. The van der Waals surface area contributed by atoms with Crippen LogP contribution in [0.4, 0.5) is 5.69 Å². The van der Waals surface area contributed by atoms with Crippen LogP contribution in [0.1, 0.15) is 26.3 Å². The molecule has 3 nitrogen and oxygen atoms in total. The zero-order valence-corrected chi connectivity index (χ0v) is 11.4. The largest absolute Gasteiger partial charge is 0.399 e. The third-order valence-electron chi connectivity index (χ3n) is 2.10. The molecular weight excluding hydrogens is 238 g/mol. The van der Waals surface area contributed by atoms with Gasteiger partial charge in [-0.1, -0.05) is 17.7 Å². The number of rotatable bonds is 5. The second-order valence-electron chi connectivity index (χ2n) is 4.86. The first kappa shape index (κ1) is 14.3. The molecule has 0 bridgehead atoms. The van der Waals surface area contributed by atoms with Crippen LogP contribution >= 0.6 is 11.6 Å². The van der Waals surface area contributed by atoms with E-state index in [1.807, 2.05) is 32.9 Å². The van der Waals surface area contributed by atoms with Gasteiger partial charge in [-0.2, -0.15) is 0 Å². The van der Waals surface area contributed by atoms with Crippen molar-refractivity contribution < 1.29 is 9.47 Å². The summed E-state index contributed by atoms with van der Waals surface area (Å²) in [6.07, 6.45) is 0. The van der Waals surface area contributed by atoms with Crippen LogP contribution in [0.3, 0.4) is 0 Å². The van der Waals surface area contributed by atoms with Crippen molar-refractivity contribution in [2.24, 2.45) is 0 Å². The molecule has 0 saturated carbocycles. The predicted octanol–water partition coefficient (Wildman–Crippen LogP) is 3.25. The Morgan fingerprint density at radius 2 is 1.94 bits per heavy atom. The Morgan fingerprint density at radius 1 is 1.24 bits per heavy atom. The Balaban J connectivity index is 2.27. The summed E-state index contributed by atoms with van der Waals surface area (Å²) in [5.74, 6) is 0. The standard InChI is InChI=1S/C13H20ClNO2/c1-13(2,3)17-7-6-16-9-10-4-5-11(15)8-12(10)14/h4-5,8H,6-7,9,15H2,1-3H3. The molecule has 0 fully saturated rings. The molecule has 4 heteroatoms. The molecule has 0 atom stereocenters. The summed E-state index contributed by atoms with van der Waals surface area (Å²) < 4.78 is 11.0. The van der Waals surface area contributed by atoms with Crippen LogP contribution < -0.4 is 5.73 Å². The first-order valence-electron chi connectivity index (χ1n) is 5.64. The second-order valence-corrected chi connectivity index (χ2v) is 5.27. The van der Waals surface area contributed by atoms with Gasteiger partial charge in [0.2, 0.25) is 0 Å². The van der Waals surface area contributed by atoms with Crippen LogP contribution in [0.25, 0.3) is 0 Å². The fourth-order valence-electron chi connectivity index (χ4n) is 1.27. The van der Waals surface area contributed by atoms with Crippen molar-refractivity contribution in [3.05, 3.63) is 28.8 Å². The smallest absolute Gasteiger partial charge is 0.0732 e. The highest BCUT2D eigenvalue weighted by atomic mass is 35.5. The summed E-state index contributed by atoms with van der Waals surface area (Å²) in [4.78, 5) is 0.